The molecule has 0 spiro atoms. The molecule has 0 aliphatic heterocycles. The van der Waals surface area contributed by atoms with Crippen molar-refractivity contribution < 1.29 is 14.0 Å². The van der Waals surface area contributed by atoms with Crippen LogP contribution in [0.1, 0.15) is 26.5 Å². The molecule has 5 nitrogen and oxygen atoms in total. The van der Waals surface area contributed by atoms with Crippen molar-refractivity contribution in [2.45, 2.75) is 6.54 Å². The summed E-state index contributed by atoms with van der Waals surface area (Å²) in [7, 11) is 0. The minimum atomic E-state index is -0.431. The van der Waals surface area contributed by atoms with Gasteiger partial charge in [-0.2, -0.15) is 0 Å². The average molecular weight is 395 g/mol. The van der Waals surface area contributed by atoms with E-state index in [0.29, 0.717) is 25.7 Å². The van der Waals surface area contributed by atoms with Crippen LogP contribution in [0.2, 0.25) is 8.67 Å². The first-order valence-corrected chi connectivity index (χ1v) is 8.77. The highest BCUT2D eigenvalue weighted by atomic mass is 35.5. The zero-order chi connectivity index (χ0) is 17.8. The van der Waals surface area contributed by atoms with Crippen molar-refractivity contribution in [2.24, 2.45) is 0 Å². The first-order valence-electron chi connectivity index (χ1n) is 7.20. The van der Waals surface area contributed by atoms with Crippen LogP contribution in [0.5, 0.6) is 0 Å². The van der Waals surface area contributed by atoms with E-state index in [1.807, 2.05) is 0 Å². The summed E-state index contributed by atoms with van der Waals surface area (Å²) in [6.07, 6.45) is 1.53. The van der Waals surface area contributed by atoms with Crippen LogP contribution in [-0.4, -0.2) is 11.8 Å². The molecule has 0 aliphatic carbocycles. The third kappa shape index (κ3) is 4.22. The summed E-state index contributed by atoms with van der Waals surface area (Å²) in [5.74, 6) is -0.129. The summed E-state index contributed by atoms with van der Waals surface area (Å²) in [5.41, 5.74) is 0.977. The van der Waals surface area contributed by atoms with Gasteiger partial charge in [0.2, 0.25) is 0 Å². The van der Waals surface area contributed by atoms with Crippen molar-refractivity contribution in [2.75, 3.05) is 5.32 Å². The number of halogens is 2. The number of anilines is 1. The fourth-order valence-electron chi connectivity index (χ4n) is 2.15. The van der Waals surface area contributed by atoms with Gasteiger partial charge in [-0.3, -0.25) is 9.59 Å². The molecule has 0 saturated heterocycles. The summed E-state index contributed by atoms with van der Waals surface area (Å²) in [5, 5.41) is 5.44. The van der Waals surface area contributed by atoms with Gasteiger partial charge in [0.25, 0.3) is 11.8 Å². The van der Waals surface area contributed by atoms with E-state index in [-0.39, 0.29) is 18.0 Å². The van der Waals surface area contributed by atoms with Gasteiger partial charge in [-0.25, -0.2) is 0 Å². The maximum Gasteiger partial charge on any atom is 0.258 e. The molecule has 25 heavy (non-hydrogen) atoms. The van der Waals surface area contributed by atoms with Crippen molar-refractivity contribution in [3.8, 4) is 0 Å². The quantitative estimate of drug-likeness (QED) is 0.650. The summed E-state index contributed by atoms with van der Waals surface area (Å²) in [6, 6.07) is 11.7. The second-order valence-electron chi connectivity index (χ2n) is 5.00. The number of rotatable bonds is 5. The van der Waals surface area contributed by atoms with Gasteiger partial charge in [0.05, 0.1) is 34.0 Å². The molecule has 0 aliphatic rings. The minimum Gasteiger partial charge on any atom is -0.467 e. The Balaban J connectivity index is 1.75. The lowest BCUT2D eigenvalue weighted by Crippen LogP contribution is -2.24. The van der Waals surface area contributed by atoms with Gasteiger partial charge in [0.1, 0.15) is 10.1 Å². The predicted molar refractivity (Wildman–Crippen MR) is 98.6 cm³/mol. The molecule has 2 aromatic heterocycles. The lowest BCUT2D eigenvalue weighted by Gasteiger charge is -2.10. The Labute approximate surface area is 157 Å². The van der Waals surface area contributed by atoms with Crippen molar-refractivity contribution in [3.05, 3.63) is 74.3 Å². The largest absolute Gasteiger partial charge is 0.467 e. The molecular weight excluding hydrogens is 383 g/mol. The van der Waals surface area contributed by atoms with E-state index in [2.05, 4.69) is 10.6 Å². The van der Waals surface area contributed by atoms with Crippen LogP contribution in [0.25, 0.3) is 0 Å². The zero-order valence-corrected chi connectivity index (χ0v) is 15.0. The highest BCUT2D eigenvalue weighted by Gasteiger charge is 2.17. The molecule has 8 heteroatoms. The highest BCUT2D eigenvalue weighted by Crippen LogP contribution is 2.31. The van der Waals surface area contributed by atoms with Crippen LogP contribution < -0.4 is 10.6 Å². The van der Waals surface area contributed by atoms with Gasteiger partial charge < -0.3 is 15.1 Å². The average Bonchev–Trinajstić information content (AvgIpc) is 3.22. The Morgan fingerprint density at radius 1 is 1.04 bits per heavy atom. The zero-order valence-electron chi connectivity index (χ0n) is 12.7. The van der Waals surface area contributed by atoms with Gasteiger partial charge >= 0.3 is 0 Å². The molecule has 2 N–H and O–H groups in total. The van der Waals surface area contributed by atoms with Crippen molar-refractivity contribution >= 4 is 52.0 Å². The lowest BCUT2D eigenvalue weighted by molar-refractivity contribution is 0.0949. The number of nitrogens with one attached hydrogen (secondary N) is 2. The van der Waals surface area contributed by atoms with E-state index in [4.69, 9.17) is 27.6 Å². The molecular formula is C17H12Cl2N2O3S. The number of carbonyl (C=O) groups excluding carboxylic acids is 2. The number of thiophene rings is 1. The summed E-state index contributed by atoms with van der Waals surface area (Å²) in [6.45, 7) is 0.250. The first-order chi connectivity index (χ1) is 12.0. The van der Waals surface area contributed by atoms with Gasteiger partial charge in [-0.15, -0.1) is 11.3 Å². The topological polar surface area (TPSA) is 71.3 Å². The molecule has 128 valence electrons. The van der Waals surface area contributed by atoms with Crippen molar-refractivity contribution in [3.63, 3.8) is 0 Å². The van der Waals surface area contributed by atoms with Crippen molar-refractivity contribution in [1.82, 2.24) is 5.32 Å². The Bertz CT molecular complexity index is 907. The number of benzene rings is 1. The molecule has 3 rings (SSSR count). The summed E-state index contributed by atoms with van der Waals surface area (Å²) in [4.78, 5) is 24.8. The molecule has 0 unspecified atom stereocenters. The van der Waals surface area contributed by atoms with Crippen LogP contribution in [-0.2, 0) is 6.54 Å². The second-order valence-corrected chi connectivity index (χ2v) is 7.29. The van der Waals surface area contributed by atoms with Crippen LogP contribution in [0.3, 0.4) is 0 Å². The fraction of sp³-hybridized carbons (Fsp3) is 0.0588. The van der Waals surface area contributed by atoms with Gasteiger partial charge in [0.15, 0.2) is 0 Å². The predicted octanol–water partition coefficient (Wildman–Crippen LogP) is 4.83. The molecule has 0 saturated carbocycles. The Morgan fingerprint density at radius 2 is 1.84 bits per heavy atom. The number of amides is 2. The van der Waals surface area contributed by atoms with E-state index in [1.165, 1.54) is 12.3 Å². The van der Waals surface area contributed by atoms with E-state index < -0.39 is 5.91 Å². The van der Waals surface area contributed by atoms with Gasteiger partial charge in [-0.1, -0.05) is 35.3 Å². The Morgan fingerprint density at radius 3 is 2.52 bits per heavy atom. The maximum atomic E-state index is 12.4. The van der Waals surface area contributed by atoms with E-state index >= 15 is 0 Å². The van der Waals surface area contributed by atoms with Crippen LogP contribution in [0, 0.1) is 0 Å². The monoisotopic (exact) mass is 394 g/mol. The normalized spacial score (nSPS) is 10.5. The highest BCUT2D eigenvalue weighted by molar-refractivity contribution is 7.20. The molecule has 2 heterocycles. The second kappa shape index (κ2) is 7.74. The number of hydrogen-bond acceptors (Lipinski definition) is 4. The summed E-state index contributed by atoms with van der Waals surface area (Å²) < 4.78 is 5.89. The third-order valence-electron chi connectivity index (χ3n) is 3.32. The maximum absolute atomic E-state index is 12.4. The molecule has 0 fully saturated rings. The minimum absolute atomic E-state index is 0.250. The molecule has 2 amide bonds. The van der Waals surface area contributed by atoms with Gasteiger partial charge in [-0.05, 0) is 30.3 Å². The SMILES string of the molecule is O=C(NCc1ccco1)c1ccccc1NC(=O)c1cc(Cl)sc1Cl. The smallest absolute Gasteiger partial charge is 0.258 e. The van der Waals surface area contributed by atoms with Crippen molar-refractivity contribution in [1.29, 1.82) is 0 Å². The number of furan rings is 1. The molecule has 3 aromatic rings. The van der Waals surface area contributed by atoms with Crippen LogP contribution in [0.15, 0.2) is 53.1 Å². The molecule has 0 bridgehead atoms. The van der Waals surface area contributed by atoms with E-state index in [9.17, 15) is 9.59 Å². The summed E-state index contributed by atoms with van der Waals surface area (Å²) >= 11 is 13.0. The molecule has 0 radical (unpaired) electrons. The third-order valence-corrected chi connectivity index (χ3v) is 4.81. The van der Waals surface area contributed by atoms with Crippen LogP contribution >= 0.6 is 34.5 Å². The first kappa shape index (κ1) is 17.5. The van der Waals surface area contributed by atoms with E-state index in [0.717, 1.165) is 11.3 Å². The molecule has 1 aromatic carbocycles. The lowest BCUT2D eigenvalue weighted by atomic mass is 10.1. The number of carbonyl (C=O) groups is 2. The van der Waals surface area contributed by atoms with E-state index in [1.54, 1.807) is 36.4 Å². The molecule has 0 atom stereocenters. The van der Waals surface area contributed by atoms with Crippen LogP contribution in [0.4, 0.5) is 5.69 Å². The fourth-order valence-corrected chi connectivity index (χ4v) is 3.61. The Kier molecular flexibility index (Phi) is 5.43. The number of para-hydroxylation sites is 1. The van der Waals surface area contributed by atoms with Gasteiger partial charge in [0, 0.05) is 0 Å². The Hall–Kier alpha value is -2.28. The number of hydrogen-bond donors (Lipinski definition) is 2. The standard InChI is InChI=1S/C17H12Cl2N2O3S/c18-14-8-12(15(19)25-14)17(23)21-13-6-2-1-5-11(13)16(22)20-9-10-4-3-7-24-10/h1-8H,9H2,(H,20,22)(H,21,23).